The van der Waals surface area contributed by atoms with Crippen LogP contribution in [0.3, 0.4) is 0 Å². The van der Waals surface area contributed by atoms with Gasteiger partial charge in [-0.05, 0) is 61.3 Å². The average Bonchev–Trinajstić information content (AvgIpc) is 3.14. The minimum absolute atomic E-state index is 0.00378. The van der Waals surface area contributed by atoms with E-state index in [-0.39, 0.29) is 17.9 Å². The predicted octanol–water partition coefficient (Wildman–Crippen LogP) is 4.85. The summed E-state index contributed by atoms with van der Waals surface area (Å²) in [6, 6.07) is 23.5. The Bertz CT molecular complexity index is 1310. The lowest BCUT2D eigenvalue weighted by Crippen LogP contribution is -2.28. The summed E-state index contributed by atoms with van der Waals surface area (Å²) in [4.78, 5) is 28.4. The molecule has 1 amide bonds. The van der Waals surface area contributed by atoms with E-state index in [1.54, 1.807) is 0 Å². The molecule has 1 N–H and O–H groups in total. The van der Waals surface area contributed by atoms with Gasteiger partial charge in [0.15, 0.2) is 5.43 Å². The number of aromatic nitrogens is 1. The summed E-state index contributed by atoms with van der Waals surface area (Å²) in [5, 5.41) is 4.35. The van der Waals surface area contributed by atoms with Crippen molar-refractivity contribution in [3.63, 3.8) is 0 Å². The van der Waals surface area contributed by atoms with E-state index in [0.717, 1.165) is 23.1 Å². The second-order valence-corrected chi connectivity index (χ2v) is 9.24. The van der Waals surface area contributed by atoms with Crippen molar-refractivity contribution < 1.29 is 4.79 Å². The number of pyridine rings is 1. The van der Waals surface area contributed by atoms with Gasteiger partial charge in [-0.25, -0.2) is 0 Å². The van der Waals surface area contributed by atoms with Crippen LogP contribution in [0.15, 0.2) is 77.6 Å². The summed E-state index contributed by atoms with van der Waals surface area (Å²) in [5.74, 6) is -0.0723. The van der Waals surface area contributed by atoms with Crippen molar-refractivity contribution in [2.24, 2.45) is 0 Å². The quantitative estimate of drug-likeness (QED) is 0.425. The summed E-state index contributed by atoms with van der Waals surface area (Å²) in [7, 11) is 0. The van der Waals surface area contributed by atoms with Gasteiger partial charge in [-0.1, -0.05) is 61.4 Å². The molecule has 0 unspecified atom stereocenters. The van der Waals surface area contributed by atoms with Gasteiger partial charge in [0.1, 0.15) is 6.54 Å². The van der Waals surface area contributed by atoms with Crippen LogP contribution in [0.25, 0.3) is 21.8 Å². The number of para-hydroxylation sites is 2. The topological polar surface area (TPSA) is 54.3 Å². The highest BCUT2D eigenvalue weighted by molar-refractivity contribution is 5.94. The first kappa shape index (κ1) is 22.4. The fourth-order valence-corrected chi connectivity index (χ4v) is 5.04. The molecule has 0 bridgehead atoms. The highest BCUT2D eigenvalue weighted by atomic mass is 16.2. The first-order chi connectivity index (χ1) is 16.7. The molecule has 174 valence electrons. The van der Waals surface area contributed by atoms with Crippen LogP contribution in [-0.4, -0.2) is 28.5 Å². The lowest BCUT2D eigenvalue weighted by molar-refractivity contribution is -0.121. The van der Waals surface area contributed by atoms with Crippen LogP contribution >= 0.6 is 0 Å². The number of rotatable bonds is 6. The van der Waals surface area contributed by atoms with Crippen molar-refractivity contribution in [1.29, 1.82) is 0 Å². The van der Waals surface area contributed by atoms with Gasteiger partial charge in [0.2, 0.25) is 5.91 Å². The molecule has 0 saturated carbocycles. The second-order valence-electron chi connectivity index (χ2n) is 9.24. The Morgan fingerprint density at radius 1 is 0.765 bits per heavy atom. The van der Waals surface area contributed by atoms with E-state index < -0.39 is 0 Å². The third-order valence-electron chi connectivity index (χ3n) is 6.77. The fourth-order valence-electron chi connectivity index (χ4n) is 5.04. The smallest absolute Gasteiger partial charge is 0.240 e. The largest absolute Gasteiger partial charge is 0.350 e. The Morgan fingerprint density at radius 2 is 1.38 bits per heavy atom. The molecule has 5 rings (SSSR count). The monoisotopic (exact) mass is 453 g/mol. The molecule has 0 radical (unpaired) electrons. The summed E-state index contributed by atoms with van der Waals surface area (Å²) in [5.41, 5.74) is 3.96. The zero-order valence-corrected chi connectivity index (χ0v) is 19.5. The van der Waals surface area contributed by atoms with Gasteiger partial charge in [0.25, 0.3) is 0 Å². The van der Waals surface area contributed by atoms with Crippen LogP contribution in [0.5, 0.6) is 0 Å². The highest BCUT2D eigenvalue weighted by Gasteiger charge is 2.13. The van der Waals surface area contributed by atoms with Gasteiger partial charge in [-0.15, -0.1) is 0 Å². The number of hydrogen-bond acceptors (Lipinski definition) is 3. The van der Waals surface area contributed by atoms with E-state index in [1.165, 1.54) is 44.3 Å². The Morgan fingerprint density at radius 3 is 2.06 bits per heavy atom. The molecule has 0 aliphatic carbocycles. The van der Waals surface area contributed by atoms with Crippen LogP contribution in [0.1, 0.15) is 36.8 Å². The molecule has 0 spiro atoms. The van der Waals surface area contributed by atoms with Crippen molar-refractivity contribution in [3.8, 4) is 0 Å². The van der Waals surface area contributed by atoms with E-state index in [1.807, 2.05) is 53.1 Å². The first-order valence-electron chi connectivity index (χ1n) is 12.3. The number of nitrogens with one attached hydrogen (secondary N) is 1. The number of likely N-dealkylation sites (tertiary alicyclic amines) is 1. The van der Waals surface area contributed by atoms with Crippen molar-refractivity contribution in [2.75, 3.05) is 13.1 Å². The van der Waals surface area contributed by atoms with Crippen LogP contribution in [0, 0.1) is 0 Å². The maximum absolute atomic E-state index is 13.0. The Balaban J connectivity index is 1.31. The third kappa shape index (κ3) is 4.90. The van der Waals surface area contributed by atoms with Crippen LogP contribution in [-0.2, 0) is 24.4 Å². The minimum Gasteiger partial charge on any atom is -0.350 e. The molecule has 0 atom stereocenters. The van der Waals surface area contributed by atoms with Gasteiger partial charge >= 0.3 is 0 Å². The number of benzene rings is 3. The molecule has 1 saturated heterocycles. The number of carbonyl (C=O) groups excluding carboxylic acids is 1. The van der Waals surface area contributed by atoms with Gasteiger partial charge in [0.05, 0.1) is 11.0 Å². The number of fused-ring (bicyclic) bond motifs is 2. The summed E-state index contributed by atoms with van der Waals surface area (Å²) in [6.45, 7) is 3.96. The fraction of sp³-hybridized carbons (Fsp3) is 0.310. The Kier molecular flexibility index (Phi) is 6.72. The standard InChI is InChI=1S/C29H31N3O2/c33-28(30-19-22-10-9-11-23(18-22)20-31-16-7-1-2-8-17-31)21-32-26-14-5-3-12-24(26)29(34)25-13-4-6-15-27(25)32/h3-6,9-15,18H,1-2,7-8,16-17,19-21H2,(H,30,33). The van der Waals surface area contributed by atoms with Crippen molar-refractivity contribution in [1.82, 2.24) is 14.8 Å². The maximum Gasteiger partial charge on any atom is 0.240 e. The predicted molar refractivity (Wildman–Crippen MR) is 138 cm³/mol. The maximum atomic E-state index is 13.0. The van der Waals surface area contributed by atoms with Crippen molar-refractivity contribution in [3.05, 3.63) is 94.1 Å². The second kappa shape index (κ2) is 10.2. The van der Waals surface area contributed by atoms with Crippen LogP contribution in [0.4, 0.5) is 0 Å². The first-order valence-corrected chi connectivity index (χ1v) is 12.3. The molecule has 1 aliphatic rings. The molecule has 1 aromatic heterocycles. The third-order valence-corrected chi connectivity index (χ3v) is 6.77. The minimum atomic E-state index is -0.0723. The normalized spacial score (nSPS) is 14.8. The van der Waals surface area contributed by atoms with Gasteiger partial charge in [-0.2, -0.15) is 0 Å². The molecule has 1 fully saturated rings. The number of amides is 1. The van der Waals surface area contributed by atoms with Gasteiger partial charge in [0, 0.05) is 23.9 Å². The number of hydrogen-bond donors (Lipinski definition) is 1. The summed E-state index contributed by atoms with van der Waals surface area (Å²) in [6.07, 6.45) is 5.24. The van der Waals surface area contributed by atoms with E-state index in [9.17, 15) is 9.59 Å². The molecule has 3 aromatic carbocycles. The Labute approximate surface area is 200 Å². The van der Waals surface area contributed by atoms with Crippen molar-refractivity contribution >= 4 is 27.7 Å². The molecular formula is C29H31N3O2. The Hall–Kier alpha value is -3.44. The average molecular weight is 454 g/mol. The summed E-state index contributed by atoms with van der Waals surface area (Å²) < 4.78 is 1.94. The van der Waals surface area contributed by atoms with E-state index >= 15 is 0 Å². The van der Waals surface area contributed by atoms with Crippen molar-refractivity contribution in [2.45, 2.75) is 45.3 Å². The zero-order valence-electron chi connectivity index (χ0n) is 19.5. The molecule has 1 aliphatic heterocycles. The molecular weight excluding hydrogens is 422 g/mol. The molecule has 4 aromatic rings. The lowest BCUT2D eigenvalue weighted by Gasteiger charge is -2.20. The van der Waals surface area contributed by atoms with Crippen LogP contribution < -0.4 is 10.7 Å². The van der Waals surface area contributed by atoms with Gasteiger partial charge in [-0.3, -0.25) is 14.5 Å². The van der Waals surface area contributed by atoms with E-state index in [4.69, 9.17) is 0 Å². The van der Waals surface area contributed by atoms with Gasteiger partial charge < -0.3 is 9.88 Å². The van der Waals surface area contributed by atoms with Crippen LogP contribution in [0.2, 0.25) is 0 Å². The zero-order chi connectivity index (χ0) is 23.3. The molecule has 5 heteroatoms. The molecule has 5 nitrogen and oxygen atoms in total. The molecule has 2 heterocycles. The lowest BCUT2D eigenvalue weighted by atomic mass is 10.1. The highest BCUT2D eigenvalue weighted by Crippen LogP contribution is 2.19. The SMILES string of the molecule is O=C(Cn1c2ccccc2c(=O)c2ccccc21)NCc1cccc(CN2CCCCCC2)c1. The molecule has 34 heavy (non-hydrogen) atoms. The van der Waals surface area contributed by atoms with E-state index in [2.05, 4.69) is 34.5 Å². The van der Waals surface area contributed by atoms with E-state index in [0.29, 0.717) is 17.3 Å². The number of nitrogens with zero attached hydrogens (tertiary/aromatic N) is 2. The summed E-state index contributed by atoms with van der Waals surface area (Å²) >= 11 is 0. The number of carbonyl (C=O) groups is 1.